The molecule has 0 unspecified atom stereocenters. The molecular weight excluding hydrogens is 411 g/mol. The maximum atomic E-state index is 10.9. The van der Waals surface area contributed by atoms with Gasteiger partial charge in [-0.2, -0.15) is 0 Å². The fraction of sp³-hybridized carbons (Fsp3) is 0.0769. The van der Waals surface area contributed by atoms with Gasteiger partial charge in [0.25, 0.3) is 0 Å². The summed E-state index contributed by atoms with van der Waals surface area (Å²) in [4.78, 5) is 15.9. The number of thiazole rings is 1. The Labute approximate surface area is 177 Å². The van der Waals surface area contributed by atoms with Crippen molar-refractivity contribution in [3.05, 3.63) is 35.2 Å². The normalized spacial score (nSPS) is 11.6. The van der Waals surface area contributed by atoms with Gasteiger partial charge in [0.15, 0.2) is 0 Å². The Bertz CT molecular complexity index is 1030. The van der Waals surface area contributed by atoms with Gasteiger partial charge in [-0.05, 0) is 30.3 Å². The van der Waals surface area contributed by atoms with Crippen molar-refractivity contribution in [2.24, 2.45) is 10.2 Å². The summed E-state index contributed by atoms with van der Waals surface area (Å²) >= 11 is 2.30. The van der Waals surface area contributed by atoms with Crippen LogP contribution in [0.4, 0.5) is 16.5 Å². The Morgan fingerprint density at radius 1 is 1.23 bits per heavy atom. The summed E-state index contributed by atoms with van der Waals surface area (Å²) < 4.78 is 32.4. The summed E-state index contributed by atoms with van der Waals surface area (Å²) in [6.07, 6.45) is 0. The first-order valence-corrected chi connectivity index (χ1v) is 9.84. The minimum Gasteiger partial charge on any atom is -0.747 e. The summed E-state index contributed by atoms with van der Waals surface area (Å²) in [5.41, 5.74) is 0.981. The Kier molecular flexibility index (Phi) is 6.85. The number of hydrogen-bond acceptors (Lipinski definition) is 10. The fourth-order valence-corrected chi connectivity index (χ4v) is 4.00. The molecule has 0 amide bonds. The van der Waals surface area contributed by atoms with Gasteiger partial charge in [0, 0.05) is 5.69 Å². The molecule has 9 nitrogen and oxygen atoms in total. The standard InChI is InChI=1S/C13H10N4O5S3.Na/c18-12(19)10-5-9-11(23-10)15-13(24-9)17-16-8-3-1-7(2-4-8)14-6-25(20,21)22;/h1-5,14H,6H2,(H,18,19)(H,20,21,22);/q;+1/p-1. The second-order valence-electron chi connectivity index (χ2n) is 4.71. The molecule has 26 heavy (non-hydrogen) atoms. The van der Waals surface area contributed by atoms with E-state index in [1.807, 2.05) is 0 Å². The van der Waals surface area contributed by atoms with Gasteiger partial charge in [-0.15, -0.1) is 21.6 Å². The van der Waals surface area contributed by atoms with Crippen LogP contribution in [0.2, 0.25) is 0 Å². The first-order chi connectivity index (χ1) is 11.8. The van der Waals surface area contributed by atoms with Gasteiger partial charge in [-0.1, -0.05) is 11.3 Å². The summed E-state index contributed by atoms with van der Waals surface area (Å²) in [5.74, 6) is -1.68. The number of hydrogen-bond donors (Lipinski definition) is 2. The van der Waals surface area contributed by atoms with Crippen molar-refractivity contribution >= 4 is 64.8 Å². The van der Waals surface area contributed by atoms with Crippen LogP contribution in [0.1, 0.15) is 9.67 Å². The molecule has 0 bridgehead atoms. The van der Waals surface area contributed by atoms with Crippen molar-refractivity contribution in [2.45, 2.75) is 0 Å². The van der Waals surface area contributed by atoms with E-state index in [4.69, 9.17) is 5.11 Å². The minimum absolute atomic E-state index is 0. The molecule has 0 aliphatic carbocycles. The maximum Gasteiger partial charge on any atom is 1.00 e. The van der Waals surface area contributed by atoms with Gasteiger partial charge < -0.3 is 15.0 Å². The molecule has 13 heteroatoms. The van der Waals surface area contributed by atoms with Crippen LogP contribution in [0, 0.1) is 0 Å². The first-order valence-electron chi connectivity index (χ1n) is 6.63. The monoisotopic (exact) mass is 420 g/mol. The zero-order valence-corrected chi connectivity index (χ0v) is 17.7. The van der Waals surface area contributed by atoms with E-state index in [9.17, 15) is 17.8 Å². The topological polar surface area (TPSA) is 144 Å². The van der Waals surface area contributed by atoms with Crippen molar-refractivity contribution in [1.29, 1.82) is 0 Å². The summed E-state index contributed by atoms with van der Waals surface area (Å²) in [6, 6.07) is 7.88. The van der Waals surface area contributed by atoms with Crippen LogP contribution < -0.4 is 34.9 Å². The molecule has 2 N–H and O–H groups in total. The van der Waals surface area contributed by atoms with Crippen LogP contribution in [0.15, 0.2) is 40.6 Å². The molecule has 0 saturated carbocycles. The number of rotatable bonds is 6. The molecule has 0 fully saturated rings. The molecule has 130 valence electrons. The molecule has 2 heterocycles. The predicted molar refractivity (Wildman–Crippen MR) is 93.3 cm³/mol. The zero-order chi connectivity index (χ0) is 18.0. The third-order valence-corrected chi connectivity index (χ3v) is 5.39. The van der Waals surface area contributed by atoms with E-state index in [-0.39, 0.29) is 34.4 Å². The van der Waals surface area contributed by atoms with E-state index in [0.717, 1.165) is 16.0 Å². The fourth-order valence-electron chi connectivity index (χ4n) is 1.79. The van der Waals surface area contributed by atoms with Crippen LogP contribution in [0.5, 0.6) is 0 Å². The molecule has 1 aromatic carbocycles. The van der Waals surface area contributed by atoms with E-state index in [0.29, 0.717) is 21.3 Å². The van der Waals surface area contributed by atoms with Crippen molar-refractivity contribution in [1.82, 2.24) is 4.98 Å². The van der Waals surface area contributed by atoms with Gasteiger partial charge in [-0.25, -0.2) is 18.2 Å². The van der Waals surface area contributed by atoms with Crippen LogP contribution in [0.3, 0.4) is 0 Å². The predicted octanol–water partition coefficient (Wildman–Crippen LogP) is 0.390. The van der Waals surface area contributed by atoms with Crippen LogP contribution in [-0.4, -0.2) is 34.9 Å². The van der Waals surface area contributed by atoms with E-state index in [1.54, 1.807) is 30.3 Å². The number of aromatic carboxylic acids is 1. The van der Waals surface area contributed by atoms with Crippen LogP contribution in [-0.2, 0) is 10.1 Å². The number of carboxylic acids is 1. The number of nitrogens with zero attached hydrogens (tertiary/aromatic N) is 3. The van der Waals surface area contributed by atoms with Crippen molar-refractivity contribution in [3.63, 3.8) is 0 Å². The van der Waals surface area contributed by atoms with Crippen LogP contribution in [0.25, 0.3) is 9.53 Å². The largest absolute Gasteiger partial charge is 1.00 e. The quantitative estimate of drug-likeness (QED) is 0.333. The van der Waals surface area contributed by atoms with E-state index in [1.165, 1.54) is 11.3 Å². The molecule has 0 spiro atoms. The number of fused-ring (bicyclic) bond motifs is 1. The minimum atomic E-state index is -4.34. The summed E-state index contributed by atoms with van der Waals surface area (Å²) in [5, 5.41) is 19.8. The SMILES string of the molecule is O=C(O)c1cc2sc(N=Nc3ccc(NCS(=O)(=O)[O-])cc3)nc2s1.[Na+]. The van der Waals surface area contributed by atoms with Gasteiger partial charge in [-0.3, -0.25) is 0 Å². The number of nitrogens with one attached hydrogen (secondary N) is 1. The van der Waals surface area contributed by atoms with Gasteiger partial charge in [0.05, 0.1) is 10.4 Å². The van der Waals surface area contributed by atoms with E-state index in [2.05, 4.69) is 20.5 Å². The molecule has 0 aliphatic heterocycles. The van der Waals surface area contributed by atoms with E-state index >= 15 is 0 Å². The molecule has 0 radical (unpaired) electrons. The number of azo groups is 1. The van der Waals surface area contributed by atoms with Gasteiger partial charge >= 0.3 is 35.5 Å². The molecule has 2 aromatic heterocycles. The number of anilines is 1. The second kappa shape index (κ2) is 8.52. The maximum absolute atomic E-state index is 10.9. The van der Waals surface area contributed by atoms with Crippen molar-refractivity contribution < 1.29 is 52.4 Å². The number of carbonyl (C=O) groups is 1. The molecule has 3 rings (SSSR count). The first kappa shape index (κ1) is 20.9. The van der Waals surface area contributed by atoms with Gasteiger partial charge in [0.2, 0.25) is 5.13 Å². The third kappa shape index (κ3) is 5.54. The molecule has 0 aliphatic rings. The second-order valence-corrected chi connectivity index (χ2v) is 8.15. The Hall–Kier alpha value is -1.41. The third-order valence-electron chi connectivity index (χ3n) is 2.86. The number of aromatic nitrogens is 1. The van der Waals surface area contributed by atoms with Crippen molar-refractivity contribution in [2.75, 3.05) is 11.2 Å². The Balaban J connectivity index is 0.00000243. The number of carboxylic acid groups (broad SMARTS) is 1. The molecule has 3 aromatic rings. The average Bonchev–Trinajstić information content (AvgIpc) is 3.09. The van der Waals surface area contributed by atoms with Gasteiger partial charge in [0.1, 0.15) is 25.7 Å². The zero-order valence-electron chi connectivity index (χ0n) is 13.2. The Morgan fingerprint density at radius 3 is 2.50 bits per heavy atom. The molecule has 0 saturated heterocycles. The summed E-state index contributed by atoms with van der Waals surface area (Å²) in [6.45, 7) is 0. The van der Waals surface area contributed by atoms with Crippen molar-refractivity contribution in [3.8, 4) is 0 Å². The molecule has 0 atom stereocenters. The summed E-state index contributed by atoms with van der Waals surface area (Å²) in [7, 11) is -4.34. The number of benzene rings is 1. The van der Waals surface area contributed by atoms with E-state index < -0.39 is 22.0 Å². The van der Waals surface area contributed by atoms with Crippen LogP contribution >= 0.6 is 22.7 Å². The average molecular weight is 420 g/mol. The Morgan fingerprint density at radius 2 is 1.92 bits per heavy atom. The number of thiophene rings is 1. The smallest absolute Gasteiger partial charge is 0.747 e. The molecular formula is C13H9N4NaO5S3.